The van der Waals surface area contributed by atoms with Crippen LogP contribution in [0.15, 0.2) is 47.5 Å². The lowest BCUT2D eigenvalue weighted by molar-refractivity contribution is -0.0498. The lowest BCUT2D eigenvalue weighted by Crippen LogP contribution is -2.17. The van der Waals surface area contributed by atoms with E-state index in [1.54, 1.807) is 30.3 Å². The Morgan fingerprint density at radius 2 is 2.00 bits per heavy atom. The number of hydrogen-bond acceptors (Lipinski definition) is 4. The average molecular weight is 347 g/mol. The molecular weight excluding hydrogens is 328 g/mol. The molecule has 0 aliphatic rings. The summed E-state index contributed by atoms with van der Waals surface area (Å²) in [5.41, 5.74) is 8.19. The Labute approximate surface area is 144 Å². The number of nitrogens with two attached hydrogens (primary N) is 1. The van der Waals surface area contributed by atoms with Gasteiger partial charge in [0, 0.05) is 34.6 Å². The normalized spacial score (nSPS) is 11.7. The highest BCUT2D eigenvalue weighted by Gasteiger charge is 2.10. The Kier molecular flexibility index (Phi) is 6.05. The summed E-state index contributed by atoms with van der Waals surface area (Å²) in [5.74, 6) is 0.316. The monoisotopic (exact) mass is 347 g/mol. The van der Waals surface area contributed by atoms with E-state index in [0.717, 1.165) is 0 Å². The van der Waals surface area contributed by atoms with Crippen LogP contribution in [0.1, 0.15) is 29.8 Å². The van der Waals surface area contributed by atoms with Gasteiger partial charge in [0.25, 0.3) is 0 Å². The molecule has 0 fully saturated rings. The predicted molar refractivity (Wildman–Crippen MR) is 94.0 cm³/mol. The van der Waals surface area contributed by atoms with Gasteiger partial charge in [0.05, 0.1) is 0 Å². The van der Waals surface area contributed by atoms with Crippen molar-refractivity contribution >= 4 is 23.5 Å². The highest BCUT2D eigenvalue weighted by molar-refractivity contribution is 6.04. The minimum atomic E-state index is -2.90. The Hall–Kier alpha value is -2.96. The summed E-state index contributed by atoms with van der Waals surface area (Å²) in [5, 5.41) is 3.09. The number of carbonyl (C=O) groups excluding carboxylic acids is 1. The van der Waals surface area contributed by atoms with Crippen LogP contribution in [0.2, 0.25) is 0 Å². The maximum absolute atomic E-state index is 12.3. The summed E-state index contributed by atoms with van der Waals surface area (Å²) >= 11 is 0. The van der Waals surface area contributed by atoms with E-state index in [-0.39, 0.29) is 17.6 Å². The minimum absolute atomic E-state index is 0.0180. The number of anilines is 2. The van der Waals surface area contributed by atoms with Crippen molar-refractivity contribution in [2.24, 2.45) is 10.7 Å². The van der Waals surface area contributed by atoms with E-state index in [0.29, 0.717) is 28.8 Å². The second kappa shape index (κ2) is 8.23. The van der Waals surface area contributed by atoms with Crippen molar-refractivity contribution in [1.29, 1.82) is 0 Å². The van der Waals surface area contributed by atoms with Gasteiger partial charge in [-0.25, -0.2) is 0 Å². The molecule has 5 nitrogen and oxygen atoms in total. The Balaban J connectivity index is 2.37. The zero-order valence-corrected chi connectivity index (χ0v) is 13.9. The smallest absolute Gasteiger partial charge is 0.387 e. The Morgan fingerprint density at radius 1 is 1.24 bits per heavy atom. The van der Waals surface area contributed by atoms with Gasteiger partial charge in [0.2, 0.25) is 0 Å². The van der Waals surface area contributed by atoms with Gasteiger partial charge in [0.1, 0.15) is 17.9 Å². The first-order valence-electron chi connectivity index (χ1n) is 7.64. The van der Waals surface area contributed by atoms with Crippen molar-refractivity contribution < 1.29 is 18.3 Å². The standard InChI is InChI=1S/C18H19F2N3O2/c1-11(2)22-17(21)15-8-12(10-24)6-7-16(15)23-13-4-3-5-14(9-13)25-18(19)20/h3-11,18,23H,1-2H3,(H2,21,22). The first-order valence-corrected chi connectivity index (χ1v) is 7.64. The summed E-state index contributed by atoms with van der Waals surface area (Å²) in [4.78, 5) is 15.3. The van der Waals surface area contributed by atoms with Gasteiger partial charge >= 0.3 is 6.61 Å². The molecule has 2 aromatic carbocycles. The van der Waals surface area contributed by atoms with Gasteiger partial charge in [0.15, 0.2) is 0 Å². The van der Waals surface area contributed by atoms with E-state index in [1.165, 1.54) is 12.1 Å². The number of carbonyl (C=O) groups is 1. The van der Waals surface area contributed by atoms with Gasteiger partial charge in [-0.05, 0) is 44.2 Å². The largest absolute Gasteiger partial charge is 0.435 e. The lowest BCUT2D eigenvalue weighted by atomic mass is 10.1. The third-order valence-electron chi connectivity index (χ3n) is 3.19. The molecule has 0 radical (unpaired) electrons. The Morgan fingerprint density at radius 3 is 2.64 bits per heavy atom. The lowest BCUT2D eigenvalue weighted by Gasteiger charge is -2.14. The first kappa shape index (κ1) is 18.4. The van der Waals surface area contributed by atoms with Crippen LogP contribution in [0, 0.1) is 0 Å². The van der Waals surface area contributed by atoms with Gasteiger partial charge in [-0.3, -0.25) is 9.79 Å². The number of benzene rings is 2. The van der Waals surface area contributed by atoms with E-state index < -0.39 is 6.61 Å². The zero-order valence-electron chi connectivity index (χ0n) is 13.9. The molecule has 0 heterocycles. The molecule has 0 aliphatic carbocycles. The van der Waals surface area contributed by atoms with E-state index in [2.05, 4.69) is 15.0 Å². The van der Waals surface area contributed by atoms with Crippen LogP contribution >= 0.6 is 0 Å². The number of rotatable bonds is 7. The number of nitrogens with zero attached hydrogens (tertiary/aromatic N) is 1. The van der Waals surface area contributed by atoms with Crippen LogP contribution in [0.4, 0.5) is 20.2 Å². The van der Waals surface area contributed by atoms with Crippen molar-refractivity contribution in [1.82, 2.24) is 0 Å². The highest BCUT2D eigenvalue weighted by Crippen LogP contribution is 2.25. The summed E-state index contributed by atoms with van der Waals surface area (Å²) in [6.45, 7) is 0.870. The van der Waals surface area contributed by atoms with Crippen molar-refractivity contribution in [2.45, 2.75) is 26.5 Å². The van der Waals surface area contributed by atoms with E-state index in [4.69, 9.17) is 5.73 Å². The Bertz CT molecular complexity index is 777. The number of alkyl halides is 2. The van der Waals surface area contributed by atoms with E-state index in [9.17, 15) is 13.6 Å². The van der Waals surface area contributed by atoms with Crippen LogP contribution in [0.5, 0.6) is 5.75 Å². The molecule has 0 aromatic heterocycles. The number of ether oxygens (including phenoxy) is 1. The topological polar surface area (TPSA) is 76.7 Å². The molecule has 2 rings (SSSR count). The minimum Gasteiger partial charge on any atom is -0.435 e. The number of amidine groups is 1. The molecule has 25 heavy (non-hydrogen) atoms. The fourth-order valence-electron chi connectivity index (χ4n) is 2.21. The molecule has 0 saturated heterocycles. The first-order chi connectivity index (χ1) is 11.9. The summed E-state index contributed by atoms with van der Waals surface area (Å²) < 4.78 is 29.1. The SMILES string of the molecule is CC(C)N=C(N)c1cc(C=O)ccc1Nc1cccc(OC(F)F)c1. The number of aliphatic imine (C=N–C) groups is 1. The molecule has 3 N–H and O–H groups in total. The van der Waals surface area contributed by atoms with Gasteiger partial charge in [-0.2, -0.15) is 8.78 Å². The molecule has 0 amide bonds. The molecule has 0 saturated carbocycles. The second-order valence-corrected chi connectivity index (χ2v) is 5.56. The number of halogens is 2. The molecule has 2 aromatic rings. The number of hydrogen-bond donors (Lipinski definition) is 2. The molecule has 0 spiro atoms. The van der Waals surface area contributed by atoms with E-state index >= 15 is 0 Å². The third-order valence-corrected chi connectivity index (χ3v) is 3.19. The summed E-state index contributed by atoms with van der Waals surface area (Å²) in [7, 11) is 0. The summed E-state index contributed by atoms with van der Waals surface area (Å²) in [6, 6.07) is 11.1. The van der Waals surface area contributed by atoms with Gasteiger partial charge in [-0.1, -0.05) is 6.07 Å². The van der Waals surface area contributed by atoms with Gasteiger partial charge in [-0.15, -0.1) is 0 Å². The molecule has 0 bridgehead atoms. The van der Waals surface area contributed by atoms with Crippen molar-refractivity contribution in [2.75, 3.05) is 5.32 Å². The highest BCUT2D eigenvalue weighted by atomic mass is 19.3. The molecule has 0 unspecified atom stereocenters. The van der Waals surface area contributed by atoms with Crippen molar-refractivity contribution in [3.05, 3.63) is 53.6 Å². The van der Waals surface area contributed by atoms with Crippen LogP contribution in [-0.2, 0) is 0 Å². The molecule has 0 atom stereocenters. The van der Waals surface area contributed by atoms with Crippen LogP contribution in [0.3, 0.4) is 0 Å². The maximum Gasteiger partial charge on any atom is 0.387 e. The number of nitrogens with one attached hydrogen (secondary N) is 1. The van der Waals surface area contributed by atoms with Crippen LogP contribution in [0.25, 0.3) is 0 Å². The molecule has 7 heteroatoms. The predicted octanol–water partition coefficient (Wildman–Crippen LogP) is 3.96. The quantitative estimate of drug-likeness (QED) is 0.452. The molecular formula is C18H19F2N3O2. The molecule has 0 aliphatic heterocycles. The van der Waals surface area contributed by atoms with Gasteiger partial charge < -0.3 is 15.8 Å². The second-order valence-electron chi connectivity index (χ2n) is 5.56. The van der Waals surface area contributed by atoms with Crippen molar-refractivity contribution in [3.63, 3.8) is 0 Å². The number of aldehydes is 1. The zero-order chi connectivity index (χ0) is 18.4. The molecule has 132 valence electrons. The average Bonchev–Trinajstić information content (AvgIpc) is 2.54. The van der Waals surface area contributed by atoms with Crippen LogP contribution in [-0.4, -0.2) is 24.8 Å². The maximum atomic E-state index is 12.3. The van der Waals surface area contributed by atoms with Crippen molar-refractivity contribution in [3.8, 4) is 5.75 Å². The van der Waals surface area contributed by atoms with E-state index in [1.807, 2.05) is 13.8 Å². The fourth-order valence-corrected chi connectivity index (χ4v) is 2.21. The third kappa shape index (κ3) is 5.27. The fraction of sp³-hybridized carbons (Fsp3) is 0.222. The van der Waals surface area contributed by atoms with Crippen LogP contribution < -0.4 is 15.8 Å². The summed E-state index contributed by atoms with van der Waals surface area (Å²) in [6.07, 6.45) is 0.715.